The number of rotatable bonds is 7. The molecule has 1 saturated heterocycles. The van der Waals surface area contributed by atoms with Gasteiger partial charge in [-0.25, -0.2) is 4.79 Å². The zero-order chi connectivity index (χ0) is 21.7. The highest BCUT2D eigenvalue weighted by Crippen LogP contribution is 2.23. The molecule has 0 unspecified atom stereocenters. The largest absolute Gasteiger partial charge is 0.326 e. The van der Waals surface area contributed by atoms with Crippen molar-refractivity contribution in [2.75, 3.05) is 17.2 Å². The quantitative estimate of drug-likeness (QED) is 0.612. The molecule has 2 aromatic rings. The maximum absolute atomic E-state index is 12.8. The lowest BCUT2D eigenvalue weighted by Gasteiger charge is -2.21. The van der Waals surface area contributed by atoms with Crippen molar-refractivity contribution in [1.82, 2.24) is 10.2 Å². The maximum atomic E-state index is 12.8. The molecule has 0 bridgehead atoms. The van der Waals surface area contributed by atoms with E-state index < -0.39 is 29.9 Å². The highest BCUT2D eigenvalue weighted by atomic mass is 16.2. The molecule has 0 saturated carbocycles. The highest BCUT2D eigenvalue weighted by molar-refractivity contribution is 6.10. The van der Waals surface area contributed by atoms with E-state index in [2.05, 4.69) is 16.0 Å². The molecule has 0 spiro atoms. The Morgan fingerprint density at radius 1 is 1.00 bits per heavy atom. The van der Waals surface area contributed by atoms with Crippen LogP contribution in [0, 0.1) is 0 Å². The number of nitrogens with one attached hydrogen (secondary N) is 3. The van der Waals surface area contributed by atoms with E-state index >= 15 is 0 Å². The van der Waals surface area contributed by atoms with E-state index in [1.807, 2.05) is 30.3 Å². The summed E-state index contributed by atoms with van der Waals surface area (Å²) in [6, 6.07) is 15.7. The van der Waals surface area contributed by atoms with Gasteiger partial charge in [0.2, 0.25) is 11.8 Å². The van der Waals surface area contributed by atoms with Gasteiger partial charge in [-0.3, -0.25) is 19.3 Å². The molecular formula is C22H24N4O4. The first-order chi connectivity index (χ1) is 14.3. The van der Waals surface area contributed by atoms with Crippen molar-refractivity contribution in [1.29, 1.82) is 0 Å². The van der Waals surface area contributed by atoms with E-state index in [-0.39, 0.29) is 5.91 Å². The minimum Gasteiger partial charge on any atom is -0.326 e. The number of carbonyl (C=O) groups is 4. The van der Waals surface area contributed by atoms with Crippen LogP contribution in [0.25, 0.3) is 0 Å². The van der Waals surface area contributed by atoms with Crippen molar-refractivity contribution in [3.8, 4) is 0 Å². The van der Waals surface area contributed by atoms with Gasteiger partial charge in [-0.05, 0) is 43.5 Å². The molecule has 30 heavy (non-hydrogen) atoms. The van der Waals surface area contributed by atoms with E-state index in [1.165, 1.54) is 6.92 Å². The average Bonchev–Trinajstić information content (AvgIpc) is 2.90. The fourth-order valence-corrected chi connectivity index (χ4v) is 3.32. The summed E-state index contributed by atoms with van der Waals surface area (Å²) in [6.07, 6.45) is 1.05. The SMILES string of the molecule is CC(=O)Nc1cccc(NC(=O)CN2C(=O)N[C@@](C)(CCc3ccccc3)C2=O)c1. The molecule has 1 fully saturated rings. The van der Waals surface area contributed by atoms with Gasteiger partial charge in [-0.2, -0.15) is 0 Å². The Kier molecular flexibility index (Phi) is 6.15. The van der Waals surface area contributed by atoms with Gasteiger partial charge in [0.05, 0.1) is 0 Å². The van der Waals surface area contributed by atoms with E-state index in [0.717, 1.165) is 10.5 Å². The second-order valence-corrected chi connectivity index (χ2v) is 7.45. The smallest absolute Gasteiger partial charge is 0.325 e. The zero-order valence-electron chi connectivity index (χ0n) is 16.9. The van der Waals surface area contributed by atoms with Crippen LogP contribution in [0.15, 0.2) is 54.6 Å². The molecule has 8 nitrogen and oxygen atoms in total. The molecule has 5 amide bonds. The number of benzene rings is 2. The monoisotopic (exact) mass is 408 g/mol. The second kappa shape index (κ2) is 8.77. The number of carbonyl (C=O) groups excluding carboxylic acids is 4. The zero-order valence-corrected chi connectivity index (χ0v) is 16.9. The van der Waals surface area contributed by atoms with Crippen LogP contribution in [-0.2, 0) is 20.8 Å². The minimum atomic E-state index is -1.06. The predicted molar refractivity (Wildman–Crippen MR) is 113 cm³/mol. The predicted octanol–water partition coefficient (Wildman–Crippen LogP) is 2.53. The van der Waals surface area contributed by atoms with Crippen molar-refractivity contribution in [3.05, 3.63) is 60.2 Å². The number of aryl methyl sites for hydroxylation is 1. The molecule has 0 radical (unpaired) electrons. The Labute approximate surface area is 174 Å². The fraction of sp³-hybridized carbons (Fsp3) is 0.273. The van der Waals surface area contributed by atoms with Gasteiger partial charge in [0.25, 0.3) is 5.91 Å². The molecule has 1 aliphatic heterocycles. The number of nitrogens with zero attached hydrogens (tertiary/aromatic N) is 1. The molecule has 1 heterocycles. The van der Waals surface area contributed by atoms with Gasteiger partial charge >= 0.3 is 6.03 Å². The van der Waals surface area contributed by atoms with Crippen molar-refractivity contribution < 1.29 is 19.2 Å². The molecule has 0 aromatic heterocycles. The molecule has 1 aliphatic rings. The van der Waals surface area contributed by atoms with Crippen LogP contribution in [0.1, 0.15) is 25.8 Å². The molecule has 3 N–H and O–H groups in total. The molecule has 2 aromatic carbocycles. The molecule has 1 atom stereocenters. The first kappa shape index (κ1) is 21.0. The van der Waals surface area contributed by atoms with Crippen molar-refractivity contribution in [2.45, 2.75) is 32.2 Å². The number of imide groups is 1. The van der Waals surface area contributed by atoms with E-state index in [1.54, 1.807) is 31.2 Å². The average molecular weight is 408 g/mol. The topological polar surface area (TPSA) is 108 Å². The van der Waals surface area contributed by atoms with Crippen molar-refractivity contribution in [3.63, 3.8) is 0 Å². The summed E-state index contributed by atoms with van der Waals surface area (Å²) in [6.45, 7) is 2.67. The number of hydrogen-bond acceptors (Lipinski definition) is 4. The third-order valence-corrected chi connectivity index (χ3v) is 4.87. The Hall–Kier alpha value is -3.68. The number of anilines is 2. The normalized spacial score (nSPS) is 18.1. The first-order valence-electron chi connectivity index (χ1n) is 9.62. The summed E-state index contributed by atoms with van der Waals surface area (Å²) in [5.74, 6) is -1.16. The van der Waals surface area contributed by atoms with E-state index in [4.69, 9.17) is 0 Å². The standard InChI is InChI=1S/C22H24N4O4/c1-15(27)23-17-9-6-10-18(13-17)24-19(28)14-26-20(29)22(2,25-21(26)30)12-11-16-7-4-3-5-8-16/h3-10,13H,11-12,14H2,1-2H3,(H,23,27)(H,24,28)(H,25,30)/t22-/m0/s1. The number of urea groups is 1. The lowest BCUT2D eigenvalue weighted by Crippen LogP contribution is -2.45. The maximum Gasteiger partial charge on any atom is 0.325 e. The first-order valence-corrected chi connectivity index (χ1v) is 9.62. The Morgan fingerprint density at radius 3 is 2.33 bits per heavy atom. The lowest BCUT2D eigenvalue weighted by molar-refractivity contribution is -0.133. The van der Waals surface area contributed by atoms with Crippen LogP contribution in [-0.4, -0.2) is 40.7 Å². The van der Waals surface area contributed by atoms with Gasteiger partial charge in [0.15, 0.2) is 0 Å². The fourth-order valence-electron chi connectivity index (χ4n) is 3.32. The summed E-state index contributed by atoms with van der Waals surface area (Å²) < 4.78 is 0. The minimum absolute atomic E-state index is 0.229. The summed E-state index contributed by atoms with van der Waals surface area (Å²) >= 11 is 0. The number of amides is 5. The second-order valence-electron chi connectivity index (χ2n) is 7.45. The summed E-state index contributed by atoms with van der Waals surface area (Å²) in [5.41, 5.74) is 0.989. The van der Waals surface area contributed by atoms with Crippen molar-refractivity contribution >= 4 is 35.1 Å². The summed E-state index contributed by atoms with van der Waals surface area (Å²) in [4.78, 5) is 49.7. The number of hydrogen-bond donors (Lipinski definition) is 3. The summed E-state index contributed by atoms with van der Waals surface area (Å²) in [5, 5.41) is 7.98. The molecule has 156 valence electrons. The molecule has 8 heteroatoms. The van der Waals surface area contributed by atoms with Gasteiger partial charge in [-0.15, -0.1) is 0 Å². The highest BCUT2D eigenvalue weighted by Gasteiger charge is 2.47. The molecular weight excluding hydrogens is 384 g/mol. The van der Waals surface area contributed by atoms with Crippen LogP contribution < -0.4 is 16.0 Å². The third-order valence-electron chi connectivity index (χ3n) is 4.87. The van der Waals surface area contributed by atoms with Crippen LogP contribution in [0.2, 0.25) is 0 Å². The van der Waals surface area contributed by atoms with Gasteiger partial charge in [0.1, 0.15) is 12.1 Å². The van der Waals surface area contributed by atoms with Crippen LogP contribution in [0.4, 0.5) is 16.2 Å². The molecule has 3 rings (SSSR count). The van der Waals surface area contributed by atoms with E-state index in [9.17, 15) is 19.2 Å². The summed E-state index contributed by atoms with van der Waals surface area (Å²) in [7, 11) is 0. The molecule has 0 aliphatic carbocycles. The lowest BCUT2D eigenvalue weighted by atomic mass is 9.93. The van der Waals surface area contributed by atoms with Gasteiger partial charge in [-0.1, -0.05) is 36.4 Å². The Bertz CT molecular complexity index is 976. The Morgan fingerprint density at radius 2 is 1.67 bits per heavy atom. The third kappa shape index (κ3) is 5.02. The van der Waals surface area contributed by atoms with Gasteiger partial charge < -0.3 is 16.0 Å². The van der Waals surface area contributed by atoms with Crippen LogP contribution in [0.3, 0.4) is 0 Å². The van der Waals surface area contributed by atoms with Crippen LogP contribution in [0.5, 0.6) is 0 Å². The van der Waals surface area contributed by atoms with Crippen molar-refractivity contribution in [2.24, 2.45) is 0 Å². The van der Waals surface area contributed by atoms with E-state index in [0.29, 0.717) is 24.2 Å². The Balaban J connectivity index is 1.61. The van der Waals surface area contributed by atoms with Crippen LogP contribution >= 0.6 is 0 Å². The van der Waals surface area contributed by atoms with Gasteiger partial charge in [0, 0.05) is 18.3 Å².